The lowest BCUT2D eigenvalue weighted by molar-refractivity contribution is 0.00578. The van der Waals surface area contributed by atoms with Crippen LogP contribution < -0.4 is 5.46 Å². The van der Waals surface area contributed by atoms with Gasteiger partial charge in [-0.05, 0) is 101 Å². The third-order valence-corrected chi connectivity index (χ3v) is 9.07. The summed E-state index contributed by atoms with van der Waals surface area (Å²) in [6.45, 7) is 8.54. The van der Waals surface area contributed by atoms with E-state index in [4.69, 9.17) is 9.31 Å². The smallest absolute Gasteiger partial charge is 0.399 e. The lowest BCUT2D eigenvalue weighted by atomic mass is 9.58. The van der Waals surface area contributed by atoms with E-state index in [9.17, 15) is 0 Å². The van der Waals surface area contributed by atoms with Crippen LogP contribution in [-0.4, -0.2) is 18.3 Å². The van der Waals surface area contributed by atoms with E-state index in [-0.39, 0.29) is 18.3 Å². The largest absolute Gasteiger partial charge is 0.494 e. The summed E-state index contributed by atoms with van der Waals surface area (Å²) in [5.74, 6) is 2.64. The van der Waals surface area contributed by atoms with Crippen molar-refractivity contribution in [3.63, 3.8) is 0 Å². The molecule has 0 N–H and O–H groups in total. The molecular formula is C24H31BO2. The molecule has 1 spiro atoms. The average Bonchev–Trinajstić information content (AvgIpc) is 3.11. The molecule has 1 aliphatic heterocycles. The van der Waals surface area contributed by atoms with Crippen LogP contribution in [0, 0.1) is 17.3 Å². The highest BCUT2D eigenvalue weighted by Gasteiger charge is 2.60. The van der Waals surface area contributed by atoms with Crippen LogP contribution in [0.25, 0.3) is 0 Å². The van der Waals surface area contributed by atoms with E-state index in [0.29, 0.717) is 5.41 Å². The molecule has 5 aliphatic rings. The molecule has 1 unspecified atom stereocenters. The molecule has 4 aliphatic carbocycles. The van der Waals surface area contributed by atoms with Gasteiger partial charge in [-0.2, -0.15) is 0 Å². The van der Waals surface area contributed by atoms with Crippen LogP contribution >= 0.6 is 0 Å². The normalized spacial score (nSPS) is 39.9. The Hall–Kier alpha value is -1.06. The van der Waals surface area contributed by atoms with Crippen molar-refractivity contribution in [3.05, 3.63) is 41.0 Å². The summed E-state index contributed by atoms with van der Waals surface area (Å²) in [5.41, 5.74) is 6.26. The van der Waals surface area contributed by atoms with Gasteiger partial charge in [0.15, 0.2) is 0 Å². The fourth-order valence-electron chi connectivity index (χ4n) is 6.84. The van der Waals surface area contributed by atoms with Crippen LogP contribution in [0.3, 0.4) is 0 Å². The topological polar surface area (TPSA) is 18.5 Å². The molecule has 0 amide bonds. The van der Waals surface area contributed by atoms with Crippen molar-refractivity contribution in [3.8, 4) is 0 Å². The van der Waals surface area contributed by atoms with E-state index >= 15 is 0 Å². The Bertz CT molecular complexity index is 838. The molecule has 0 radical (unpaired) electrons. The first kappa shape index (κ1) is 16.9. The number of hydrogen-bond donors (Lipinski definition) is 0. The van der Waals surface area contributed by atoms with Crippen LogP contribution in [0.2, 0.25) is 0 Å². The number of allylic oxidation sites excluding steroid dienone is 2. The summed E-state index contributed by atoms with van der Waals surface area (Å²) in [5, 5.41) is 0. The van der Waals surface area contributed by atoms with Gasteiger partial charge in [-0.15, -0.1) is 0 Å². The molecule has 6 rings (SSSR count). The van der Waals surface area contributed by atoms with Crippen molar-refractivity contribution < 1.29 is 9.31 Å². The van der Waals surface area contributed by atoms with Gasteiger partial charge in [0.1, 0.15) is 0 Å². The SMILES string of the molecule is CC1(C)OB(c2ccc3c(c2)CC[C@H]2C4CCC5=C[C@@]54CC[C@@H]32)OC1(C)C. The van der Waals surface area contributed by atoms with Gasteiger partial charge in [-0.3, -0.25) is 0 Å². The summed E-state index contributed by atoms with van der Waals surface area (Å²) in [7, 11) is -0.235. The summed E-state index contributed by atoms with van der Waals surface area (Å²) in [6.07, 6.45) is 10.9. The number of benzene rings is 1. The molecule has 3 fully saturated rings. The summed E-state index contributed by atoms with van der Waals surface area (Å²) >= 11 is 0. The minimum Gasteiger partial charge on any atom is -0.399 e. The molecule has 4 atom stereocenters. The Balaban J connectivity index is 1.29. The van der Waals surface area contributed by atoms with Crippen molar-refractivity contribution in [2.24, 2.45) is 17.3 Å². The molecule has 142 valence electrons. The first-order valence-electron chi connectivity index (χ1n) is 11.0. The molecule has 2 nitrogen and oxygen atoms in total. The second kappa shape index (κ2) is 5.10. The predicted octanol–water partition coefficient (Wildman–Crippen LogP) is 4.76. The minimum atomic E-state index is -0.270. The van der Waals surface area contributed by atoms with E-state index in [2.05, 4.69) is 52.0 Å². The van der Waals surface area contributed by atoms with E-state index < -0.39 is 0 Å². The van der Waals surface area contributed by atoms with Crippen molar-refractivity contribution in [2.75, 3.05) is 0 Å². The highest BCUT2D eigenvalue weighted by molar-refractivity contribution is 6.62. The Morgan fingerprint density at radius 3 is 2.48 bits per heavy atom. The number of fused-ring (bicyclic) bond motifs is 4. The van der Waals surface area contributed by atoms with Crippen molar-refractivity contribution in [1.29, 1.82) is 0 Å². The monoisotopic (exact) mass is 362 g/mol. The molecule has 1 aromatic carbocycles. The van der Waals surface area contributed by atoms with Crippen molar-refractivity contribution >= 4 is 12.6 Å². The van der Waals surface area contributed by atoms with Gasteiger partial charge in [-0.1, -0.05) is 29.8 Å². The predicted molar refractivity (Wildman–Crippen MR) is 109 cm³/mol. The fourth-order valence-corrected chi connectivity index (χ4v) is 6.84. The van der Waals surface area contributed by atoms with Gasteiger partial charge >= 0.3 is 7.12 Å². The fraction of sp³-hybridized carbons (Fsp3) is 0.667. The Kier molecular flexibility index (Phi) is 3.19. The lowest BCUT2D eigenvalue weighted by Gasteiger charge is -2.46. The molecule has 2 saturated carbocycles. The van der Waals surface area contributed by atoms with Gasteiger partial charge < -0.3 is 9.31 Å². The van der Waals surface area contributed by atoms with E-state index in [0.717, 1.165) is 17.8 Å². The molecule has 0 bridgehead atoms. The van der Waals surface area contributed by atoms with Crippen LogP contribution in [0.4, 0.5) is 0 Å². The van der Waals surface area contributed by atoms with Gasteiger partial charge in [-0.25, -0.2) is 0 Å². The van der Waals surface area contributed by atoms with Gasteiger partial charge in [0.05, 0.1) is 11.2 Å². The second-order valence-corrected chi connectivity index (χ2v) is 10.7. The van der Waals surface area contributed by atoms with Crippen molar-refractivity contribution in [1.82, 2.24) is 0 Å². The highest BCUT2D eigenvalue weighted by Crippen LogP contribution is 2.70. The van der Waals surface area contributed by atoms with E-state index in [1.165, 1.54) is 44.0 Å². The summed E-state index contributed by atoms with van der Waals surface area (Å²) < 4.78 is 12.6. The zero-order valence-corrected chi connectivity index (χ0v) is 17.2. The summed E-state index contributed by atoms with van der Waals surface area (Å²) in [6, 6.07) is 7.09. The molecule has 1 saturated heterocycles. The van der Waals surface area contributed by atoms with Crippen LogP contribution in [-0.2, 0) is 15.7 Å². The second-order valence-electron chi connectivity index (χ2n) is 10.7. The zero-order chi connectivity index (χ0) is 18.6. The third kappa shape index (κ3) is 2.16. The number of rotatable bonds is 1. The standard InChI is InChI=1S/C24H31BO2/c1-22(2)23(3,4)27-25(26-22)17-7-9-18-15(13-17)5-8-20-19(18)11-12-24-14-16(24)6-10-21(20)24/h7,9,13-14,19-21H,5-6,8,10-12H2,1-4H3/t19-,20+,21?,24-/m0/s1. The quantitative estimate of drug-likeness (QED) is 0.530. The van der Waals surface area contributed by atoms with Crippen molar-refractivity contribution in [2.45, 2.75) is 83.3 Å². The van der Waals surface area contributed by atoms with Gasteiger partial charge in [0, 0.05) is 5.41 Å². The van der Waals surface area contributed by atoms with Crippen LogP contribution in [0.5, 0.6) is 0 Å². The zero-order valence-electron chi connectivity index (χ0n) is 17.2. The average molecular weight is 362 g/mol. The van der Waals surface area contributed by atoms with Gasteiger partial charge in [0.25, 0.3) is 0 Å². The number of aryl methyl sites for hydroxylation is 1. The first-order valence-corrected chi connectivity index (χ1v) is 11.0. The summed E-state index contributed by atoms with van der Waals surface area (Å²) in [4.78, 5) is 0. The molecule has 1 heterocycles. The molecule has 0 aromatic heterocycles. The molecule has 3 heteroatoms. The maximum Gasteiger partial charge on any atom is 0.494 e. The van der Waals surface area contributed by atoms with E-state index in [1.54, 1.807) is 11.1 Å². The third-order valence-electron chi connectivity index (χ3n) is 9.07. The molecular weight excluding hydrogens is 331 g/mol. The Morgan fingerprint density at radius 2 is 1.74 bits per heavy atom. The Morgan fingerprint density at radius 1 is 0.963 bits per heavy atom. The highest BCUT2D eigenvalue weighted by atomic mass is 16.7. The number of hydrogen-bond acceptors (Lipinski definition) is 2. The van der Waals surface area contributed by atoms with Crippen LogP contribution in [0.15, 0.2) is 29.8 Å². The van der Waals surface area contributed by atoms with E-state index in [1.807, 2.05) is 5.57 Å². The Labute approximate surface area is 163 Å². The molecule has 1 aromatic rings. The van der Waals surface area contributed by atoms with Gasteiger partial charge in [0.2, 0.25) is 0 Å². The maximum absolute atomic E-state index is 6.29. The van der Waals surface area contributed by atoms with Crippen LogP contribution in [0.1, 0.15) is 76.8 Å². The lowest BCUT2D eigenvalue weighted by Crippen LogP contribution is -2.41. The first-order chi connectivity index (χ1) is 12.8. The maximum atomic E-state index is 6.29. The minimum absolute atomic E-state index is 0.235. The molecule has 27 heavy (non-hydrogen) atoms.